The van der Waals surface area contributed by atoms with Crippen LogP contribution in [0.2, 0.25) is 0 Å². The second-order valence-corrected chi connectivity index (χ2v) is 8.69. The molecule has 2 aliphatic heterocycles. The number of fused-ring (bicyclic) bond motifs is 2. The Morgan fingerprint density at radius 3 is 2.75 bits per heavy atom. The second kappa shape index (κ2) is 8.38. The highest BCUT2D eigenvalue weighted by atomic mass is 127. The van der Waals surface area contributed by atoms with Gasteiger partial charge in [0.15, 0.2) is 5.96 Å². The standard InChI is InChI=1S/C22H32N4O.HI/c1-2-23-21(24-16-9-13-26(15-16)17-7-4-3-5-8-17)25-19-18-10-14-27-20(18)22(19)11-6-12-22;/h3-5,7-8,16,18-20H,2,6,9-15H2,1H3,(H2,23,24,25);1H. The summed E-state index contributed by atoms with van der Waals surface area (Å²) < 4.78 is 6.07. The van der Waals surface area contributed by atoms with Gasteiger partial charge in [0.2, 0.25) is 0 Å². The highest BCUT2D eigenvalue weighted by Crippen LogP contribution is 2.62. The van der Waals surface area contributed by atoms with Crippen LogP contribution in [0.3, 0.4) is 0 Å². The minimum atomic E-state index is 0. The Hall–Kier alpha value is -1.02. The first-order chi connectivity index (χ1) is 13.3. The van der Waals surface area contributed by atoms with Crippen molar-refractivity contribution in [3.8, 4) is 0 Å². The van der Waals surface area contributed by atoms with Gasteiger partial charge in [-0.1, -0.05) is 24.6 Å². The molecule has 6 heteroatoms. The molecule has 4 fully saturated rings. The molecule has 5 rings (SSSR count). The van der Waals surface area contributed by atoms with Crippen molar-refractivity contribution in [1.29, 1.82) is 0 Å². The number of para-hydroxylation sites is 1. The summed E-state index contributed by atoms with van der Waals surface area (Å²) in [6.07, 6.45) is 6.85. The SMILES string of the molecule is CCN=C(NC1CCN(c2ccccc2)C1)NC1C2CCOC2C12CCC2.I. The van der Waals surface area contributed by atoms with Crippen molar-refractivity contribution in [1.82, 2.24) is 10.6 Å². The summed E-state index contributed by atoms with van der Waals surface area (Å²) in [5.74, 6) is 1.69. The van der Waals surface area contributed by atoms with E-state index in [1.807, 2.05) is 0 Å². The van der Waals surface area contributed by atoms with Crippen molar-refractivity contribution < 1.29 is 4.74 Å². The average Bonchev–Trinajstić information content (AvgIpc) is 3.27. The molecule has 4 unspecified atom stereocenters. The monoisotopic (exact) mass is 496 g/mol. The Bertz CT molecular complexity index is 693. The fraction of sp³-hybridized carbons (Fsp3) is 0.682. The maximum Gasteiger partial charge on any atom is 0.191 e. The fourth-order valence-corrected chi connectivity index (χ4v) is 5.84. The van der Waals surface area contributed by atoms with E-state index < -0.39 is 0 Å². The summed E-state index contributed by atoms with van der Waals surface area (Å²) in [7, 11) is 0. The molecule has 0 aromatic heterocycles. The van der Waals surface area contributed by atoms with Crippen LogP contribution >= 0.6 is 24.0 Å². The molecule has 2 aliphatic carbocycles. The van der Waals surface area contributed by atoms with Gasteiger partial charge in [-0.3, -0.25) is 4.99 Å². The zero-order valence-corrected chi connectivity index (χ0v) is 19.1. The first-order valence-electron chi connectivity index (χ1n) is 10.8. The molecule has 2 heterocycles. The third-order valence-corrected chi connectivity index (χ3v) is 7.29. The molecule has 0 bridgehead atoms. The Morgan fingerprint density at radius 1 is 1.21 bits per heavy atom. The van der Waals surface area contributed by atoms with Crippen LogP contribution in [-0.4, -0.2) is 50.4 Å². The molecule has 5 nitrogen and oxygen atoms in total. The number of aliphatic imine (C=N–C) groups is 1. The molecule has 28 heavy (non-hydrogen) atoms. The van der Waals surface area contributed by atoms with Crippen LogP contribution in [-0.2, 0) is 4.74 Å². The molecule has 2 saturated heterocycles. The van der Waals surface area contributed by atoms with Gasteiger partial charge >= 0.3 is 0 Å². The number of hydrogen-bond donors (Lipinski definition) is 2. The maximum absolute atomic E-state index is 6.07. The van der Waals surface area contributed by atoms with Gasteiger partial charge in [-0.2, -0.15) is 0 Å². The maximum atomic E-state index is 6.07. The molecule has 2 saturated carbocycles. The van der Waals surface area contributed by atoms with Gasteiger partial charge in [-0.25, -0.2) is 0 Å². The first kappa shape index (κ1) is 20.3. The van der Waals surface area contributed by atoms with E-state index in [1.54, 1.807) is 0 Å². The zero-order valence-electron chi connectivity index (χ0n) is 16.8. The number of ether oxygens (including phenoxy) is 1. The summed E-state index contributed by atoms with van der Waals surface area (Å²) in [5, 5.41) is 7.58. The van der Waals surface area contributed by atoms with Crippen molar-refractivity contribution in [2.75, 3.05) is 31.1 Å². The summed E-state index contributed by atoms with van der Waals surface area (Å²) >= 11 is 0. The lowest BCUT2D eigenvalue weighted by atomic mass is 9.46. The van der Waals surface area contributed by atoms with Crippen molar-refractivity contribution in [3.05, 3.63) is 30.3 Å². The van der Waals surface area contributed by atoms with Crippen LogP contribution < -0.4 is 15.5 Å². The van der Waals surface area contributed by atoms with E-state index in [9.17, 15) is 0 Å². The number of hydrogen-bond acceptors (Lipinski definition) is 3. The van der Waals surface area contributed by atoms with Crippen molar-refractivity contribution in [3.63, 3.8) is 0 Å². The lowest BCUT2D eigenvalue weighted by Crippen LogP contribution is -2.72. The molecule has 154 valence electrons. The highest BCUT2D eigenvalue weighted by Gasteiger charge is 2.66. The number of guanidine groups is 1. The highest BCUT2D eigenvalue weighted by molar-refractivity contribution is 14.0. The molecule has 0 radical (unpaired) electrons. The largest absolute Gasteiger partial charge is 0.377 e. The molecular formula is C22H33IN4O. The van der Waals surface area contributed by atoms with Crippen LogP contribution in [0.25, 0.3) is 0 Å². The van der Waals surface area contributed by atoms with Crippen LogP contribution in [0.1, 0.15) is 39.0 Å². The molecule has 1 spiro atoms. The van der Waals surface area contributed by atoms with Crippen LogP contribution in [0.15, 0.2) is 35.3 Å². The third kappa shape index (κ3) is 3.40. The van der Waals surface area contributed by atoms with Gasteiger partial charge in [-0.15, -0.1) is 24.0 Å². The van der Waals surface area contributed by atoms with E-state index in [4.69, 9.17) is 9.73 Å². The quantitative estimate of drug-likeness (QED) is 0.381. The predicted molar refractivity (Wildman–Crippen MR) is 125 cm³/mol. The van der Waals surface area contributed by atoms with Gasteiger partial charge in [0.05, 0.1) is 6.10 Å². The number of anilines is 1. The molecule has 1 aromatic carbocycles. The summed E-state index contributed by atoms with van der Waals surface area (Å²) in [5.41, 5.74) is 1.71. The lowest BCUT2D eigenvalue weighted by Gasteiger charge is -2.63. The van der Waals surface area contributed by atoms with E-state index in [0.29, 0.717) is 29.5 Å². The number of halogens is 1. The van der Waals surface area contributed by atoms with Crippen LogP contribution in [0.5, 0.6) is 0 Å². The van der Waals surface area contributed by atoms with Crippen LogP contribution in [0.4, 0.5) is 5.69 Å². The van der Waals surface area contributed by atoms with Gasteiger partial charge in [0.1, 0.15) is 0 Å². The van der Waals surface area contributed by atoms with Crippen molar-refractivity contribution >= 4 is 35.6 Å². The molecule has 4 aliphatic rings. The van der Waals surface area contributed by atoms with Crippen molar-refractivity contribution in [2.24, 2.45) is 16.3 Å². The molecule has 0 amide bonds. The Kier molecular flexibility index (Phi) is 6.06. The number of benzene rings is 1. The number of nitrogens with one attached hydrogen (secondary N) is 2. The lowest BCUT2D eigenvalue weighted by molar-refractivity contribution is -0.171. The second-order valence-electron chi connectivity index (χ2n) is 8.69. The number of nitrogens with zero attached hydrogens (tertiary/aromatic N) is 2. The fourth-order valence-electron chi connectivity index (χ4n) is 5.84. The normalized spacial score (nSPS) is 32.9. The predicted octanol–water partition coefficient (Wildman–Crippen LogP) is 3.40. The minimum absolute atomic E-state index is 0. The Labute approximate surface area is 185 Å². The molecule has 4 atom stereocenters. The van der Waals surface area contributed by atoms with E-state index in [0.717, 1.165) is 38.6 Å². The van der Waals surface area contributed by atoms with Gasteiger partial charge in [-0.05, 0) is 44.7 Å². The summed E-state index contributed by atoms with van der Waals surface area (Å²) in [6.45, 7) is 6.02. The summed E-state index contributed by atoms with van der Waals surface area (Å²) in [4.78, 5) is 7.25. The molecular weight excluding hydrogens is 463 g/mol. The topological polar surface area (TPSA) is 48.9 Å². The van der Waals surface area contributed by atoms with E-state index in [-0.39, 0.29) is 24.0 Å². The van der Waals surface area contributed by atoms with E-state index in [2.05, 4.69) is 52.8 Å². The van der Waals surface area contributed by atoms with E-state index >= 15 is 0 Å². The van der Waals surface area contributed by atoms with Gasteiger partial charge < -0.3 is 20.3 Å². The average molecular weight is 496 g/mol. The zero-order chi connectivity index (χ0) is 18.3. The Morgan fingerprint density at radius 2 is 2.04 bits per heavy atom. The number of rotatable bonds is 4. The smallest absolute Gasteiger partial charge is 0.191 e. The van der Waals surface area contributed by atoms with Crippen LogP contribution in [0, 0.1) is 11.3 Å². The minimum Gasteiger partial charge on any atom is -0.377 e. The molecule has 2 N–H and O–H groups in total. The van der Waals surface area contributed by atoms with E-state index in [1.165, 1.54) is 31.4 Å². The Balaban J connectivity index is 0.00000192. The third-order valence-electron chi connectivity index (χ3n) is 7.29. The van der Waals surface area contributed by atoms with Gasteiger partial charge in [0, 0.05) is 55.3 Å². The summed E-state index contributed by atoms with van der Waals surface area (Å²) in [6, 6.07) is 11.7. The first-order valence-corrected chi connectivity index (χ1v) is 10.8. The molecule has 1 aromatic rings. The van der Waals surface area contributed by atoms with Gasteiger partial charge in [0.25, 0.3) is 0 Å². The van der Waals surface area contributed by atoms with Crippen molar-refractivity contribution in [2.45, 2.75) is 57.2 Å².